The number of carbonyl (C=O) groups is 2. The van der Waals surface area contributed by atoms with Gasteiger partial charge in [0.05, 0.1) is 13.2 Å². The molecular formula is C11H17NO6. The van der Waals surface area contributed by atoms with Gasteiger partial charge in [-0.05, 0) is 6.92 Å². The number of carbonyl (C=O) groups excluding carboxylic acids is 2. The third-order valence-electron chi connectivity index (χ3n) is 2.04. The Labute approximate surface area is 105 Å². The number of esters is 1. The Morgan fingerprint density at radius 3 is 2.83 bits per heavy atom. The van der Waals surface area contributed by atoms with Crippen molar-refractivity contribution in [3.63, 3.8) is 0 Å². The van der Waals surface area contributed by atoms with Crippen LogP contribution in [0, 0.1) is 0 Å². The molecule has 0 aromatic rings. The summed E-state index contributed by atoms with van der Waals surface area (Å²) in [7, 11) is 0. The Morgan fingerprint density at radius 1 is 1.44 bits per heavy atom. The van der Waals surface area contributed by atoms with Crippen LogP contribution in [0.15, 0.2) is 12.2 Å². The molecule has 1 unspecified atom stereocenters. The zero-order valence-corrected chi connectivity index (χ0v) is 10.3. The number of hydrogen-bond donors (Lipinski definition) is 1. The van der Waals surface area contributed by atoms with E-state index in [9.17, 15) is 9.59 Å². The fraction of sp³-hybridized carbons (Fsp3) is 0.636. The highest BCUT2D eigenvalue weighted by Crippen LogP contribution is 2.02. The molecule has 1 N–H and O–H groups in total. The largest absolute Gasteiger partial charge is 0.460 e. The summed E-state index contributed by atoms with van der Waals surface area (Å²) in [6.45, 7) is 6.02. The van der Waals surface area contributed by atoms with E-state index in [-0.39, 0.29) is 32.7 Å². The van der Waals surface area contributed by atoms with Crippen LogP contribution in [-0.2, 0) is 23.7 Å². The molecule has 18 heavy (non-hydrogen) atoms. The Morgan fingerprint density at radius 2 is 2.22 bits per heavy atom. The van der Waals surface area contributed by atoms with Gasteiger partial charge in [0.15, 0.2) is 0 Å². The lowest BCUT2D eigenvalue weighted by molar-refractivity contribution is -0.138. The number of ether oxygens (including phenoxy) is 4. The van der Waals surface area contributed by atoms with E-state index < -0.39 is 12.1 Å². The Balaban J connectivity index is 1.99. The second-order valence-corrected chi connectivity index (χ2v) is 3.72. The lowest BCUT2D eigenvalue weighted by Crippen LogP contribution is -2.31. The summed E-state index contributed by atoms with van der Waals surface area (Å²) in [4.78, 5) is 22.2. The SMILES string of the molecule is C=C(C)C(=O)OCCNC(=O)OCC1COCO1. The van der Waals surface area contributed by atoms with Crippen molar-refractivity contribution in [2.24, 2.45) is 0 Å². The summed E-state index contributed by atoms with van der Waals surface area (Å²) >= 11 is 0. The average molecular weight is 259 g/mol. The van der Waals surface area contributed by atoms with Gasteiger partial charge in [0.1, 0.15) is 26.1 Å². The number of rotatable bonds is 6. The van der Waals surface area contributed by atoms with Crippen molar-refractivity contribution in [1.29, 1.82) is 0 Å². The van der Waals surface area contributed by atoms with E-state index in [0.29, 0.717) is 12.2 Å². The summed E-state index contributed by atoms with van der Waals surface area (Å²) in [5.41, 5.74) is 0.316. The molecule has 0 aromatic heterocycles. The zero-order chi connectivity index (χ0) is 13.4. The minimum atomic E-state index is -0.586. The molecular weight excluding hydrogens is 242 g/mol. The molecule has 0 aromatic carbocycles. The first-order valence-electron chi connectivity index (χ1n) is 5.52. The Bertz CT molecular complexity index is 311. The van der Waals surface area contributed by atoms with E-state index in [1.54, 1.807) is 6.92 Å². The molecule has 7 heteroatoms. The molecule has 1 atom stereocenters. The molecule has 1 aliphatic heterocycles. The molecule has 1 amide bonds. The first kappa shape index (κ1) is 14.5. The molecule has 1 aliphatic rings. The summed E-state index contributed by atoms with van der Waals surface area (Å²) in [5, 5.41) is 2.44. The topological polar surface area (TPSA) is 83.1 Å². The lowest BCUT2D eigenvalue weighted by Gasteiger charge is -2.10. The standard InChI is InChI=1S/C11H17NO6/c1-8(2)10(13)16-4-3-12-11(14)17-6-9-5-15-7-18-9/h9H,1,3-7H2,2H3,(H,12,14). The van der Waals surface area contributed by atoms with Crippen molar-refractivity contribution in [1.82, 2.24) is 5.32 Å². The molecule has 1 rings (SSSR count). The summed E-state index contributed by atoms with van der Waals surface area (Å²) in [6, 6.07) is 0. The summed E-state index contributed by atoms with van der Waals surface area (Å²) in [6.07, 6.45) is -0.797. The van der Waals surface area contributed by atoms with E-state index in [0.717, 1.165) is 0 Å². The molecule has 0 bridgehead atoms. The van der Waals surface area contributed by atoms with Crippen LogP contribution in [0.4, 0.5) is 4.79 Å². The lowest BCUT2D eigenvalue weighted by atomic mass is 10.4. The van der Waals surface area contributed by atoms with Crippen molar-refractivity contribution in [3.05, 3.63) is 12.2 Å². The second kappa shape index (κ2) is 7.67. The Kier molecular flexibility index (Phi) is 6.16. The quantitative estimate of drug-likeness (QED) is 0.417. The van der Waals surface area contributed by atoms with Gasteiger partial charge in [-0.25, -0.2) is 9.59 Å². The molecule has 102 valence electrons. The van der Waals surface area contributed by atoms with Crippen molar-refractivity contribution in [2.75, 3.05) is 33.2 Å². The molecule has 1 fully saturated rings. The first-order chi connectivity index (χ1) is 8.59. The normalized spacial score (nSPS) is 18.2. The fourth-order valence-corrected chi connectivity index (χ4v) is 1.11. The van der Waals surface area contributed by atoms with Crippen LogP contribution in [-0.4, -0.2) is 51.3 Å². The molecule has 1 saturated heterocycles. The molecule has 0 aliphatic carbocycles. The van der Waals surface area contributed by atoms with Gasteiger partial charge in [0, 0.05) is 5.57 Å². The van der Waals surface area contributed by atoms with E-state index in [1.165, 1.54) is 0 Å². The molecule has 7 nitrogen and oxygen atoms in total. The van der Waals surface area contributed by atoms with Crippen LogP contribution in [0.1, 0.15) is 6.92 Å². The van der Waals surface area contributed by atoms with Gasteiger partial charge in [0.2, 0.25) is 0 Å². The van der Waals surface area contributed by atoms with Gasteiger partial charge in [-0.3, -0.25) is 0 Å². The highest BCUT2D eigenvalue weighted by atomic mass is 16.7. The highest BCUT2D eigenvalue weighted by Gasteiger charge is 2.17. The van der Waals surface area contributed by atoms with Crippen molar-refractivity contribution in [3.8, 4) is 0 Å². The van der Waals surface area contributed by atoms with E-state index >= 15 is 0 Å². The summed E-state index contributed by atoms with van der Waals surface area (Å²) in [5.74, 6) is -0.485. The van der Waals surface area contributed by atoms with Crippen LogP contribution in [0.3, 0.4) is 0 Å². The first-order valence-corrected chi connectivity index (χ1v) is 5.52. The van der Waals surface area contributed by atoms with Gasteiger partial charge in [-0.1, -0.05) is 6.58 Å². The zero-order valence-electron chi connectivity index (χ0n) is 10.3. The van der Waals surface area contributed by atoms with Crippen LogP contribution >= 0.6 is 0 Å². The van der Waals surface area contributed by atoms with Crippen LogP contribution in [0.25, 0.3) is 0 Å². The number of amides is 1. The van der Waals surface area contributed by atoms with Gasteiger partial charge in [-0.2, -0.15) is 0 Å². The maximum absolute atomic E-state index is 11.2. The number of alkyl carbamates (subject to hydrolysis) is 1. The van der Waals surface area contributed by atoms with Crippen LogP contribution in [0.2, 0.25) is 0 Å². The minimum absolute atomic E-state index is 0.0732. The average Bonchev–Trinajstić information content (AvgIpc) is 2.84. The van der Waals surface area contributed by atoms with Crippen molar-refractivity contribution < 1.29 is 28.5 Å². The smallest absolute Gasteiger partial charge is 0.407 e. The molecule has 1 heterocycles. The van der Waals surface area contributed by atoms with Gasteiger partial charge in [-0.15, -0.1) is 0 Å². The fourth-order valence-electron chi connectivity index (χ4n) is 1.11. The predicted molar refractivity (Wildman–Crippen MR) is 60.8 cm³/mol. The number of hydrogen-bond acceptors (Lipinski definition) is 6. The van der Waals surface area contributed by atoms with E-state index in [4.69, 9.17) is 18.9 Å². The maximum Gasteiger partial charge on any atom is 0.407 e. The monoisotopic (exact) mass is 259 g/mol. The van der Waals surface area contributed by atoms with E-state index in [2.05, 4.69) is 11.9 Å². The molecule has 0 spiro atoms. The Hall–Kier alpha value is -1.60. The molecule has 0 radical (unpaired) electrons. The van der Waals surface area contributed by atoms with Crippen molar-refractivity contribution in [2.45, 2.75) is 13.0 Å². The van der Waals surface area contributed by atoms with Crippen LogP contribution in [0.5, 0.6) is 0 Å². The van der Waals surface area contributed by atoms with Gasteiger partial charge in [0.25, 0.3) is 0 Å². The third-order valence-corrected chi connectivity index (χ3v) is 2.04. The van der Waals surface area contributed by atoms with E-state index in [1.807, 2.05) is 0 Å². The number of nitrogens with one attached hydrogen (secondary N) is 1. The second-order valence-electron chi connectivity index (χ2n) is 3.72. The highest BCUT2D eigenvalue weighted by molar-refractivity contribution is 5.86. The van der Waals surface area contributed by atoms with Gasteiger partial charge < -0.3 is 24.3 Å². The maximum atomic E-state index is 11.2. The molecule has 0 saturated carbocycles. The predicted octanol–water partition coefficient (Wildman–Crippen LogP) is 0.205. The van der Waals surface area contributed by atoms with Crippen LogP contribution < -0.4 is 5.32 Å². The van der Waals surface area contributed by atoms with Crippen molar-refractivity contribution >= 4 is 12.1 Å². The summed E-state index contributed by atoms with van der Waals surface area (Å²) < 4.78 is 19.7. The minimum Gasteiger partial charge on any atom is -0.460 e. The third kappa shape index (κ3) is 5.65. The van der Waals surface area contributed by atoms with Gasteiger partial charge >= 0.3 is 12.1 Å².